The summed E-state index contributed by atoms with van der Waals surface area (Å²) < 4.78 is 33.0. The average molecular weight is 631 g/mol. The molecule has 2 bridgehead atoms. The van der Waals surface area contributed by atoms with Crippen molar-refractivity contribution in [2.45, 2.75) is 49.7 Å². The van der Waals surface area contributed by atoms with Crippen LogP contribution in [0.15, 0.2) is 53.1 Å². The van der Waals surface area contributed by atoms with Crippen molar-refractivity contribution >= 4 is 46.1 Å². The van der Waals surface area contributed by atoms with Gasteiger partial charge in [-0.1, -0.05) is 26.5 Å². The van der Waals surface area contributed by atoms with Crippen molar-refractivity contribution in [3.63, 3.8) is 0 Å². The number of carbonyl (C=O) groups excluding carboxylic acids is 2. The Morgan fingerprint density at radius 3 is 2.73 bits per heavy atom. The number of hydrogen-bond acceptors (Lipinski definition) is 9. The third-order valence-electron chi connectivity index (χ3n) is 8.32. The molecule has 1 saturated carbocycles. The number of aromatic nitrogens is 5. The number of amides is 2. The van der Waals surface area contributed by atoms with Gasteiger partial charge in [0.25, 0.3) is 0 Å². The van der Waals surface area contributed by atoms with E-state index in [0.717, 1.165) is 6.07 Å². The Balaban J connectivity index is 1.54. The fraction of sp³-hybridized carbons (Fsp3) is 0.323. The van der Waals surface area contributed by atoms with Crippen molar-refractivity contribution in [3.05, 3.63) is 71.1 Å². The van der Waals surface area contributed by atoms with E-state index >= 15 is 8.78 Å². The van der Waals surface area contributed by atoms with Crippen LogP contribution in [0.25, 0.3) is 28.0 Å². The van der Waals surface area contributed by atoms with Crippen LogP contribution in [-0.2, 0) is 9.59 Å². The molecule has 0 spiro atoms. The van der Waals surface area contributed by atoms with Gasteiger partial charge in [-0.05, 0) is 36.6 Å². The van der Waals surface area contributed by atoms with Gasteiger partial charge in [-0.2, -0.15) is 4.98 Å². The largest absolute Gasteiger partial charge is 0.355 e. The van der Waals surface area contributed by atoms with Crippen LogP contribution in [-0.4, -0.2) is 72.1 Å². The number of pyridine rings is 1. The van der Waals surface area contributed by atoms with Crippen LogP contribution >= 0.6 is 11.8 Å². The Kier molecular flexibility index (Phi) is 7.10. The Labute approximate surface area is 260 Å². The number of carbonyl (C=O) groups is 2. The molecule has 230 valence electrons. The zero-order valence-electron chi connectivity index (χ0n) is 24.5. The molecule has 11 nitrogen and oxygen atoms in total. The molecular formula is C31H28F2N8O3S. The Morgan fingerprint density at radius 2 is 1.96 bits per heavy atom. The fourth-order valence-corrected chi connectivity index (χ4v) is 7.11. The minimum Gasteiger partial charge on any atom is -0.349 e. The zero-order valence-corrected chi connectivity index (χ0v) is 25.3. The predicted molar refractivity (Wildman–Crippen MR) is 166 cm³/mol. The van der Waals surface area contributed by atoms with E-state index in [4.69, 9.17) is 0 Å². The monoisotopic (exact) mass is 630 g/mol. The molecule has 3 aromatic heterocycles. The summed E-state index contributed by atoms with van der Waals surface area (Å²) in [7, 11) is 0. The second-order valence-corrected chi connectivity index (χ2v) is 12.5. The van der Waals surface area contributed by atoms with Gasteiger partial charge in [-0.15, -0.1) is 11.8 Å². The molecule has 3 aliphatic rings. The molecular weight excluding hydrogens is 602 g/mol. The van der Waals surface area contributed by atoms with Crippen molar-refractivity contribution < 1.29 is 18.4 Å². The molecule has 1 aliphatic carbocycles. The van der Waals surface area contributed by atoms with Crippen molar-refractivity contribution in [2.75, 3.05) is 29.1 Å². The van der Waals surface area contributed by atoms with Gasteiger partial charge in [0.15, 0.2) is 11.5 Å². The van der Waals surface area contributed by atoms with E-state index < -0.39 is 23.2 Å². The van der Waals surface area contributed by atoms with Gasteiger partial charge < -0.3 is 15.1 Å². The van der Waals surface area contributed by atoms with Gasteiger partial charge in [0.1, 0.15) is 34.4 Å². The molecule has 45 heavy (non-hydrogen) atoms. The van der Waals surface area contributed by atoms with Crippen LogP contribution in [0.2, 0.25) is 0 Å². The smallest absolute Gasteiger partial charge is 0.349 e. The lowest BCUT2D eigenvalue weighted by Gasteiger charge is -2.35. The lowest BCUT2D eigenvalue weighted by molar-refractivity contribution is -0.127. The standard InChI is InChI=1S/C31H28F2N8O3S/c1-4-23(43)39-9-10-40(21-13-20(21)39)28-16-12-18(33)26-24-17(32)6-5-7-19(24)36-22(42)8-11-45-30-27(25(15(2)3)34-14-35-30)41(29(16)37-26)31(44)38-28/h4-7,12,14-15,20-21H,1,8-11,13H2,2-3H3,(H,36,42)/t20-,21?/m1/s1. The molecule has 5 heterocycles. The van der Waals surface area contributed by atoms with E-state index in [1.807, 2.05) is 18.7 Å². The predicted octanol–water partition coefficient (Wildman–Crippen LogP) is 4.05. The molecule has 2 fully saturated rings. The van der Waals surface area contributed by atoms with Crippen LogP contribution in [0.3, 0.4) is 0 Å². The second-order valence-electron chi connectivity index (χ2n) is 11.4. The summed E-state index contributed by atoms with van der Waals surface area (Å²) >= 11 is 1.26. The molecule has 1 aromatic carbocycles. The number of thioether (sulfide) groups is 1. The van der Waals surface area contributed by atoms with Crippen molar-refractivity contribution in [1.82, 2.24) is 29.4 Å². The number of benzene rings is 1. The van der Waals surface area contributed by atoms with Crippen LogP contribution in [0.5, 0.6) is 0 Å². The number of rotatable bonds is 3. The number of fused-ring (bicyclic) bond motifs is 6. The van der Waals surface area contributed by atoms with Crippen molar-refractivity contribution in [2.24, 2.45) is 0 Å². The molecule has 0 radical (unpaired) electrons. The Hall–Kier alpha value is -4.72. The van der Waals surface area contributed by atoms with Gasteiger partial charge in [0.2, 0.25) is 11.8 Å². The number of halogens is 2. The number of nitrogens with zero attached hydrogens (tertiary/aromatic N) is 7. The third-order valence-corrected chi connectivity index (χ3v) is 9.30. The summed E-state index contributed by atoms with van der Waals surface area (Å²) in [6, 6.07) is 5.04. The first kappa shape index (κ1) is 29.0. The van der Waals surface area contributed by atoms with Gasteiger partial charge in [-0.3, -0.25) is 9.59 Å². The molecule has 4 aromatic rings. The maximum absolute atomic E-state index is 16.2. The van der Waals surface area contributed by atoms with Crippen molar-refractivity contribution in [3.8, 4) is 16.9 Å². The summed E-state index contributed by atoms with van der Waals surface area (Å²) in [4.78, 5) is 61.2. The summed E-state index contributed by atoms with van der Waals surface area (Å²) in [5.41, 5.74) is -0.340. The minimum atomic E-state index is -0.859. The molecule has 2 atom stereocenters. The molecule has 1 saturated heterocycles. The number of piperazine rings is 1. The van der Waals surface area contributed by atoms with E-state index in [1.54, 1.807) is 4.90 Å². The van der Waals surface area contributed by atoms with E-state index in [-0.39, 0.29) is 69.9 Å². The summed E-state index contributed by atoms with van der Waals surface area (Å²) in [6.07, 6.45) is 3.37. The highest BCUT2D eigenvalue weighted by Crippen LogP contribution is 2.42. The molecule has 7 rings (SSSR count). The first-order chi connectivity index (χ1) is 21.7. The van der Waals surface area contributed by atoms with Crippen LogP contribution < -0.4 is 15.9 Å². The van der Waals surface area contributed by atoms with Gasteiger partial charge in [0.05, 0.1) is 34.4 Å². The summed E-state index contributed by atoms with van der Waals surface area (Å²) in [5.74, 6) is -1.87. The molecule has 2 amide bonds. The maximum Gasteiger partial charge on any atom is 0.355 e. The lowest BCUT2D eigenvalue weighted by Crippen LogP contribution is -2.49. The first-order valence-corrected chi connectivity index (χ1v) is 15.6. The highest BCUT2D eigenvalue weighted by Gasteiger charge is 2.51. The number of hydrogen-bond donors (Lipinski definition) is 1. The molecule has 1 unspecified atom stereocenters. The number of nitrogens with one attached hydrogen (secondary N) is 1. The number of anilines is 2. The fourth-order valence-electron chi connectivity index (χ4n) is 6.18. The van der Waals surface area contributed by atoms with Crippen LogP contribution in [0.4, 0.5) is 20.3 Å². The van der Waals surface area contributed by atoms with E-state index in [1.165, 1.54) is 46.9 Å². The highest BCUT2D eigenvalue weighted by molar-refractivity contribution is 7.99. The Bertz CT molecular complexity index is 1980. The van der Waals surface area contributed by atoms with Crippen LogP contribution in [0, 0.1) is 11.6 Å². The zero-order chi connectivity index (χ0) is 31.6. The minimum absolute atomic E-state index is 0.0406. The van der Waals surface area contributed by atoms with Crippen molar-refractivity contribution in [1.29, 1.82) is 0 Å². The van der Waals surface area contributed by atoms with Gasteiger partial charge >= 0.3 is 5.69 Å². The highest BCUT2D eigenvalue weighted by atomic mass is 32.2. The topological polar surface area (TPSA) is 126 Å². The first-order valence-electron chi connectivity index (χ1n) is 14.6. The lowest BCUT2D eigenvalue weighted by atomic mass is 10.1. The maximum atomic E-state index is 16.2. The van der Waals surface area contributed by atoms with E-state index in [9.17, 15) is 14.4 Å². The van der Waals surface area contributed by atoms with Crippen LogP contribution in [0.1, 0.15) is 38.3 Å². The van der Waals surface area contributed by atoms with E-state index in [0.29, 0.717) is 35.9 Å². The Morgan fingerprint density at radius 1 is 1.13 bits per heavy atom. The van der Waals surface area contributed by atoms with Gasteiger partial charge in [0, 0.05) is 25.3 Å². The molecule has 2 aliphatic heterocycles. The van der Waals surface area contributed by atoms with Gasteiger partial charge in [-0.25, -0.2) is 33.1 Å². The average Bonchev–Trinajstić information content (AvgIpc) is 3.81. The van der Waals surface area contributed by atoms with E-state index in [2.05, 4.69) is 31.8 Å². The molecule has 14 heteroatoms. The SMILES string of the molecule is C=CC(=O)N1CCN(c2nc(=O)n3c4nc(c(F)cc24)-c2c(F)cccc2NC(=O)CCSc2ncnc(C(C)C)c2-3)C2C[C@H]21. The second kappa shape index (κ2) is 11.0. The normalized spacial score (nSPS) is 19.2. The summed E-state index contributed by atoms with van der Waals surface area (Å²) in [5, 5.41) is 3.36. The molecule has 1 N–H and O–H groups in total. The quantitative estimate of drug-likeness (QED) is 0.264. The third kappa shape index (κ3) is 4.83. The summed E-state index contributed by atoms with van der Waals surface area (Å²) in [6.45, 7) is 8.15.